The van der Waals surface area contributed by atoms with E-state index >= 15 is 0 Å². The first-order valence-corrected chi connectivity index (χ1v) is 11.3. The molecule has 1 amide bonds. The van der Waals surface area contributed by atoms with Crippen LogP contribution in [0.3, 0.4) is 0 Å². The third kappa shape index (κ3) is 6.14. The van der Waals surface area contributed by atoms with Crippen LogP contribution < -0.4 is 10.1 Å². The monoisotopic (exact) mass is 419 g/mol. The second kappa shape index (κ2) is 10.9. The van der Waals surface area contributed by atoms with Gasteiger partial charge in [0.1, 0.15) is 5.75 Å². The van der Waals surface area contributed by atoms with Crippen LogP contribution in [0, 0.1) is 6.92 Å². The molecule has 3 rings (SSSR count). The van der Waals surface area contributed by atoms with Crippen molar-refractivity contribution in [1.29, 1.82) is 0 Å². The van der Waals surface area contributed by atoms with E-state index in [1.807, 2.05) is 30.3 Å². The molecule has 156 valence electrons. The highest BCUT2D eigenvalue weighted by Crippen LogP contribution is 2.29. The SMILES string of the molecule is CCCCc1ccc(NC(=O)c2ccc(OC)c(CSc3ccc(C)cc3)c2)cc1. The quantitative estimate of drug-likeness (QED) is 0.384. The van der Waals surface area contributed by atoms with Gasteiger partial charge in [0.05, 0.1) is 7.11 Å². The van der Waals surface area contributed by atoms with Gasteiger partial charge in [0, 0.05) is 27.5 Å². The minimum Gasteiger partial charge on any atom is -0.496 e. The number of anilines is 1. The van der Waals surface area contributed by atoms with Gasteiger partial charge in [-0.25, -0.2) is 0 Å². The van der Waals surface area contributed by atoms with Crippen molar-refractivity contribution in [1.82, 2.24) is 0 Å². The van der Waals surface area contributed by atoms with Gasteiger partial charge in [-0.05, 0) is 67.8 Å². The van der Waals surface area contributed by atoms with Gasteiger partial charge in [-0.2, -0.15) is 0 Å². The summed E-state index contributed by atoms with van der Waals surface area (Å²) in [6.07, 6.45) is 3.44. The van der Waals surface area contributed by atoms with Crippen LogP contribution in [0.5, 0.6) is 5.75 Å². The molecule has 0 spiro atoms. The number of aryl methyl sites for hydroxylation is 2. The summed E-state index contributed by atoms with van der Waals surface area (Å²) in [7, 11) is 1.66. The summed E-state index contributed by atoms with van der Waals surface area (Å²) in [5.74, 6) is 1.42. The lowest BCUT2D eigenvalue weighted by Gasteiger charge is -2.12. The Morgan fingerprint density at radius 1 is 1.00 bits per heavy atom. The molecule has 0 atom stereocenters. The number of hydrogen-bond donors (Lipinski definition) is 1. The molecule has 0 aliphatic carbocycles. The summed E-state index contributed by atoms with van der Waals surface area (Å²) in [4.78, 5) is 14.0. The predicted molar refractivity (Wildman–Crippen MR) is 127 cm³/mol. The molecule has 0 fully saturated rings. The number of methoxy groups -OCH3 is 1. The van der Waals surface area contributed by atoms with E-state index in [2.05, 4.69) is 55.6 Å². The smallest absolute Gasteiger partial charge is 0.255 e. The van der Waals surface area contributed by atoms with Crippen molar-refractivity contribution in [2.75, 3.05) is 12.4 Å². The lowest BCUT2D eigenvalue weighted by molar-refractivity contribution is 0.102. The first kappa shape index (κ1) is 22.0. The third-order valence-corrected chi connectivity index (χ3v) is 6.05. The molecular weight excluding hydrogens is 390 g/mol. The number of carbonyl (C=O) groups excluding carboxylic acids is 1. The molecule has 3 aromatic carbocycles. The van der Waals surface area contributed by atoms with Crippen molar-refractivity contribution in [3.63, 3.8) is 0 Å². The fraction of sp³-hybridized carbons (Fsp3) is 0.269. The maximum Gasteiger partial charge on any atom is 0.255 e. The molecule has 3 nitrogen and oxygen atoms in total. The van der Waals surface area contributed by atoms with Crippen molar-refractivity contribution in [3.05, 3.63) is 89.0 Å². The molecular formula is C26H29NO2S. The van der Waals surface area contributed by atoms with E-state index in [1.54, 1.807) is 18.9 Å². The Labute approximate surface area is 183 Å². The second-order valence-electron chi connectivity index (χ2n) is 7.38. The molecule has 0 aromatic heterocycles. The summed E-state index contributed by atoms with van der Waals surface area (Å²) in [5, 5.41) is 3.00. The molecule has 1 N–H and O–H groups in total. The van der Waals surface area contributed by atoms with Crippen LogP contribution in [-0.4, -0.2) is 13.0 Å². The molecule has 4 heteroatoms. The summed E-state index contributed by atoms with van der Waals surface area (Å²) in [6, 6.07) is 22.2. The third-order valence-electron chi connectivity index (χ3n) is 4.99. The van der Waals surface area contributed by atoms with E-state index in [-0.39, 0.29) is 5.91 Å². The van der Waals surface area contributed by atoms with Crippen LogP contribution in [-0.2, 0) is 12.2 Å². The average Bonchev–Trinajstić information content (AvgIpc) is 2.78. The van der Waals surface area contributed by atoms with Crippen LogP contribution in [0.2, 0.25) is 0 Å². The fourth-order valence-electron chi connectivity index (χ4n) is 3.17. The molecule has 0 aliphatic rings. The number of unbranched alkanes of at least 4 members (excludes halogenated alkanes) is 1. The average molecular weight is 420 g/mol. The number of thioether (sulfide) groups is 1. The normalized spacial score (nSPS) is 10.6. The van der Waals surface area contributed by atoms with Gasteiger partial charge in [-0.1, -0.05) is 43.2 Å². The van der Waals surface area contributed by atoms with Crippen molar-refractivity contribution in [2.24, 2.45) is 0 Å². The van der Waals surface area contributed by atoms with E-state index in [0.717, 1.165) is 29.2 Å². The molecule has 0 radical (unpaired) electrons. The highest BCUT2D eigenvalue weighted by molar-refractivity contribution is 7.98. The number of benzene rings is 3. The topological polar surface area (TPSA) is 38.3 Å². The number of ether oxygens (including phenoxy) is 1. The van der Waals surface area contributed by atoms with Gasteiger partial charge in [0.15, 0.2) is 0 Å². The summed E-state index contributed by atoms with van der Waals surface area (Å²) >= 11 is 1.73. The maximum absolute atomic E-state index is 12.8. The maximum atomic E-state index is 12.8. The van der Waals surface area contributed by atoms with E-state index in [0.29, 0.717) is 5.56 Å². The number of nitrogens with one attached hydrogen (secondary N) is 1. The van der Waals surface area contributed by atoms with Crippen molar-refractivity contribution in [3.8, 4) is 5.75 Å². The van der Waals surface area contributed by atoms with Crippen molar-refractivity contribution in [2.45, 2.75) is 43.8 Å². The second-order valence-corrected chi connectivity index (χ2v) is 8.43. The van der Waals surface area contributed by atoms with Crippen LogP contribution >= 0.6 is 11.8 Å². The molecule has 0 heterocycles. The Balaban J connectivity index is 1.68. The van der Waals surface area contributed by atoms with Gasteiger partial charge < -0.3 is 10.1 Å². The van der Waals surface area contributed by atoms with E-state index in [4.69, 9.17) is 4.74 Å². The number of hydrogen-bond acceptors (Lipinski definition) is 3. The predicted octanol–water partition coefficient (Wildman–Crippen LogP) is 6.89. The van der Waals surface area contributed by atoms with E-state index in [1.165, 1.54) is 28.9 Å². The first-order chi connectivity index (χ1) is 14.6. The number of amides is 1. The Morgan fingerprint density at radius 3 is 2.40 bits per heavy atom. The highest BCUT2D eigenvalue weighted by atomic mass is 32.2. The Hall–Kier alpha value is -2.72. The van der Waals surface area contributed by atoms with Gasteiger partial charge in [0.25, 0.3) is 5.91 Å². The summed E-state index contributed by atoms with van der Waals surface area (Å²) < 4.78 is 5.51. The summed E-state index contributed by atoms with van der Waals surface area (Å²) in [5.41, 5.74) is 4.99. The lowest BCUT2D eigenvalue weighted by Crippen LogP contribution is -2.12. The van der Waals surface area contributed by atoms with Gasteiger partial charge in [-0.15, -0.1) is 11.8 Å². The molecule has 0 saturated heterocycles. The zero-order chi connectivity index (χ0) is 21.3. The van der Waals surface area contributed by atoms with Gasteiger partial charge in [-0.3, -0.25) is 4.79 Å². The van der Waals surface area contributed by atoms with Crippen molar-refractivity contribution >= 4 is 23.4 Å². The molecule has 30 heavy (non-hydrogen) atoms. The Bertz CT molecular complexity index is 965. The van der Waals surface area contributed by atoms with Crippen LogP contribution in [0.1, 0.15) is 46.8 Å². The summed E-state index contributed by atoms with van der Waals surface area (Å²) in [6.45, 7) is 4.27. The van der Waals surface area contributed by atoms with Gasteiger partial charge in [0.2, 0.25) is 0 Å². The molecule has 0 unspecified atom stereocenters. The number of rotatable bonds is 9. The fourth-order valence-corrected chi connectivity index (χ4v) is 4.04. The zero-order valence-electron chi connectivity index (χ0n) is 17.9. The van der Waals surface area contributed by atoms with Crippen LogP contribution in [0.25, 0.3) is 0 Å². The minimum absolute atomic E-state index is 0.111. The van der Waals surface area contributed by atoms with E-state index < -0.39 is 0 Å². The molecule has 0 saturated carbocycles. The minimum atomic E-state index is -0.111. The van der Waals surface area contributed by atoms with Crippen molar-refractivity contribution < 1.29 is 9.53 Å². The Kier molecular flexibility index (Phi) is 7.97. The zero-order valence-corrected chi connectivity index (χ0v) is 18.7. The molecule has 3 aromatic rings. The number of carbonyl (C=O) groups is 1. The molecule has 0 aliphatic heterocycles. The largest absolute Gasteiger partial charge is 0.496 e. The standard InChI is InChI=1S/C26H29NO2S/c1-4-5-6-20-9-12-23(13-10-20)27-26(28)21-11-16-25(29-3)22(17-21)18-30-24-14-7-19(2)8-15-24/h7-17H,4-6,18H2,1-3H3,(H,27,28). The highest BCUT2D eigenvalue weighted by Gasteiger charge is 2.11. The van der Waals surface area contributed by atoms with E-state index in [9.17, 15) is 4.79 Å². The first-order valence-electron chi connectivity index (χ1n) is 10.4. The Morgan fingerprint density at radius 2 is 1.73 bits per heavy atom. The van der Waals surface area contributed by atoms with Crippen LogP contribution in [0.4, 0.5) is 5.69 Å². The van der Waals surface area contributed by atoms with Crippen LogP contribution in [0.15, 0.2) is 71.6 Å². The van der Waals surface area contributed by atoms with Gasteiger partial charge >= 0.3 is 0 Å². The molecule has 0 bridgehead atoms. The lowest BCUT2D eigenvalue weighted by atomic mass is 10.1.